The van der Waals surface area contributed by atoms with E-state index in [-0.39, 0.29) is 11.7 Å². The molecule has 0 saturated carbocycles. The highest BCUT2D eigenvalue weighted by atomic mass is 32.1. The molecule has 0 bridgehead atoms. The van der Waals surface area contributed by atoms with Crippen LogP contribution in [-0.2, 0) is 17.7 Å². The van der Waals surface area contributed by atoms with Crippen LogP contribution in [0.1, 0.15) is 20.8 Å². The standard InChI is InChI=1S/C27H27FN4O3S/c1-34-23-7-4-20-14-21(26(30-24(20)15-23)31-10-12-35-13-11-31)17-32(27(33)25-16-29-18-36-25)9-8-19-2-5-22(28)6-3-19/h2-7,14-16,18H,8-13,17H2,1H3. The molecule has 0 spiro atoms. The maximum Gasteiger partial charge on any atom is 0.265 e. The minimum Gasteiger partial charge on any atom is -0.497 e. The van der Waals surface area contributed by atoms with E-state index in [1.807, 2.05) is 23.1 Å². The Balaban J connectivity index is 1.50. The number of aromatic nitrogens is 2. The number of carbonyl (C=O) groups is 1. The van der Waals surface area contributed by atoms with Crippen molar-refractivity contribution < 1.29 is 18.7 Å². The van der Waals surface area contributed by atoms with E-state index >= 15 is 0 Å². The molecule has 186 valence electrons. The largest absolute Gasteiger partial charge is 0.497 e. The lowest BCUT2D eigenvalue weighted by atomic mass is 10.1. The number of amides is 1. The molecule has 2 aromatic carbocycles. The van der Waals surface area contributed by atoms with E-state index in [4.69, 9.17) is 14.5 Å². The number of nitrogens with zero attached hydrogens (tertiary/aromatic N) is 4. The predicted octanol–water partition coefficient (Wildman–Crippen LogP) is 4.56. The van der Waals surface area contributed by atoms with Gasteiger partial charge in [-0.15, -0.1) is 11.3 Å². The smallest absolute Gasteiger partial charge is 0.265 e. The lowest BCUT2D eigenvalue weighted by Gasteiger charge is -2.31. The van der Waals surface area contributed by atoms with Gasteiger partial charge in [0.05, 0.1) is 37.5 Å². The van der Waals surface area contributed by atoms with E-state index in [1.165, 1.54) is 23.5 Å². The van der Waals surface area contributed by atoms with E-state index in [1.54, 1.807) is 30.9 Å². The van der Waals surface area contributed by atoms with Gasteiger partial charge in [-0.2, -0.15) is 0 Å². The van der Waals surface area contributed by atoms with Crippen molar-refractivity contribution in [1.29, 1.82) is 0 Å². The molecule has 4 aromatic rings. The van der Waals surface area contributed by atoms with Gasteiger partial charge in [0.25, 0.3) is 5.91 Å². The van der Waals surface area contributed by atoms with Gasteiger partial charge in [-0.1, -0.05) is 12.1 Å². The molecule has 0 unspecified atom stereocenters. The molecule has 0 atom stereocenters. The van der Waals surface area contributed by atoms with Crippen LogP contribution < -0.4 is 9.64 Å². The summed E-state index contributed by atoms with van der Waals surface area (Å²) in [7, 11) is 1.64. The van der Waals surface area contributed by atoms with Crippen molar-refractivity contribution in [2.75, 3.05) is 44.9 Å². The van der Waals surface area contributed by atoms with Gasteiger partial charge in [0, 0.05) is 43.2 Å². The third kappa shape index (κ3) is 5.47. The van der Waals surface area contributed by atoms with Gasteiger partial charge in [-0.05, 0) is 42.3 Å². The van der Waals surface area contributed by atoms with E-state index < -0.39 is 0 Å². The lowest BCUT2D eigenvalue weighted by molar-refractivity contribution is 0.0749. The Kier molecular flexibility index (Phi) is 7.39. The summed E-state index contributed by atoms with van der Waals surface area (Å²) in [6, 6.07) is 14.4. The highest BCUT2D eigenvalue weighted by Crippen LogP contribution is 2.29. The first kappa shape index (κ1) is 24.1. The average molecular weight is 507 g/mol. The number of thiazole rings is 1. The Labute approximate surface area is 213 Å². The van der Waals surface area contributed by atoms with Crippen LogP contribution in [0.15, 0.2) is 60.2 Å². The van der Waals surface area contributed by atoms with Crippen LogP contribution in [0.5, 0.6) is 5.75 Å². The third-order valence-corrected chi connectivity index (χ3v) is 7.03. The predicted molar refractivity (Wildman–Crippen MR) is 138 cm³/mol. The van der Waals surface area contributed by atoms with E-state index in [2.05, 4.69) is 16.0 Å². The molecule has 1 aliphatic rings. The molecular formula is C27H27FN4O3S. The van der Waals surface area contributed by atoms with Gasteiger partial charge in [-0.25, -0.2) is 9.37 Å². The molecule has 1 saturated heterocycles. The van der Waals surface area contributed by atoms with E-state index in [0.717, 1.165) is 46.7 Å². The molecule has 9 heteroatoms. The summed E-state index contributed by atoms with van der Waals surface area (Å²) in [6.07, 6.45) is 2.21. The number of benzene rings is 2. The quantitative estimate of drug-likeness (QED) is 0.349. The molecule has 2 aromatic heterocycles. The summed E-state index contributed by atoms with van der Waals surface area (Å²) in [5.41, 5.74) is 4.43. The van der Waals surface area contributed by atoms with Crippen molar-refractivity contribution in [2.45, 2.75) is 13.0 Å². The number of halogens is 1. The summed E-state index contributed by atoms with van der Waals surface area (Å²) >= 11 is 1.32. The monoisotopic (exact) mass is 506 g/mol. The Bertz CT molecular complexity index is 1330. The minimum atomic E-state index is -0.273. The maximum atomic E-state index is 13.5. The van der Waals surface area contributed by atoms with Gasteiger partial charge in [0.1, 0.15) is 22.3 Å². The van der Waals surface area contributed by atoms with Crippen molar-refractivity contribution in [3.8, 4) is 5.75 Å². The SMILES string of the molecule is COc1ccc2cc(CN(CCc3ccc(F)cc3)C(=O)c3cncs3)c(N3CCOCC3)nc2c1. The number of carbonyl (C=O) groups excluding carboxylic acids is 1. The Morgan fingerprint density at radius 3 is 2.69 bits per heavy atom. The van der Waals surface area contributed by atoms with Gasteiger partial charge in [0.15, 0.2) is 0 Å². The first-order chi connectivity index (χ1) is 17.6. The second-order valence-corrected chi connectivity index (χ2v) is 9.48. The third-order valence-electron chi connectivity index (χ3n) is 6.27. The summed E-state index contributed by atoms with van der Waals surface area (Å²) in [5.74, 6) is 1.24. The number of fused-ring (bicyclic) bond motifs is 1. The number of hydrogen-bond acceptors (Lipinski definition) is 7. The zero-order valence-corrected chi connectivity index (χ0v) is 20.8. The number of hydrogen-bond donors (Lipinski definition) is 0. The second kappa shape index (κ2) is 11.0. The van der Waals surface area contributed by atoms with Crippen LogP contribution in [0.3, 0.4) is 0 Å². The summed E-state index contributed by atoms with van der Waals surface area (Å²) in [4.78, 5) is 27.2. The molecule has 0 radical (unpaired) electrons. The van der Waals surface area contributed by atoms with Crippen LogP contribution in [0.25, 0.3) is 10.9 Å². The summed E-state index contributed by atoms with van der Waals surface area (Å²) in [5, 5.41) is 0.978. The Morgan fingerprint density at radius 1 is 1.17 bits per heavy atom. The number of pyridine rings is 1. The van der Waals surface area contributed by atoms with E-state index in [0.29, 0.717) is 37.6 Å². The number of methoxy groups -OCH3 is 1. The zero-order chi connectivity index (χ0) is 24.9. The number of anilines is 1. The molecule has 0 aliphatic carbocycles. The fraction of sp³-hybridized carbons (Fsp3) is 0.296. The number of rotatable bonds is 8. The molecule has 7 nitrogen and oxygen atoms in total. The van der Waals surface area contributed by atoms with Crippen LogP contribution in [0.2, 0.25) is 0 Å². The van der Waals surface area contributed by atoms with Crippen LogP contribution >= 0.6 is 11.3 Å². The molecule has 1 aliphatic heterocycles. The molecule has 1 fully saturated rings. The topological polar surface area (TPSA) is 67.8 Å². The van der Waals surface area contributed by atoms with Crippen molar-refractivity contribution in [3.63, 3.8) is 0 Å². The molecule has 1 amide bonds. The first-order valence-corrected chi connectivity index (χ1v) is 12.7. The van der Waals surface area contributed by atoms with Gasteiger partial charge in [-0.3, -0.25) is 9.78 Å². The van der Waals surface area contributed by atoms with Gasteiger partial charge < -0.3 is 19.3 Å². The van der Waals surface area contributed by atoms with Crippen LogP contribution in [-0.4, -0.2) is 60.7 Å². The van der Waals surface area contributed by atoms with Crippen molar-refractivity contribution in [3.05, 3.63) is 82.1 Å². The van der Waals surface area contributed by atoms with E-state index in [9.17, 15) is 9.18 Å². The summed E-state index contributed by atoms with van der Waals surface area (Å²) in [6.45, 7) is 3.59. The zero-order valence-electron chi connectivity index (χ0n) is 20.0. The number of morpholine rings is 1. The number of ether oxygens (including phenoxy) is 2. The average Bonchev–Trinajstić information content (AvgIpc) is 3.46. The molecule has 5 rings (SSSR count). The molecule has 0 N–H and O–H groups in total. The van der Waals surface area contributed by atoms with Crippen molar-refractivity contribution in [1.82, 2.24) is 14.9 Å². The molecule has 36 heavy (non-hydrogen) atoms. The lowest BCUT2D eigenvalue weighted by Crippen LogP contribution is -2.38. The molecule has 3 heterocycles. The van der Waals surface area contributed by atoms with Crippen molar-refractivity contribution >= 4 is 34.0 Å². The first-order valence-electron chi connectivity index (χ1n) is 11.8. The molecular weight excluding hydrogens is 479 g/mol. The van der Waals surface area contributed by atoms with Crippen LogP contribution in [0.4, 0.5) is 10.2 Å². The normalized spacial score (nSPS) is 13.7. The second-order valence-electron chi connectivity index (χ2n) is 8.60. The minimum absolute atomic E-state index is 0.0811. The highest BCUT2D eigenvalue weighted by Gasteiger charge is 2.23. The maximum absolute atomic E-state index is 13.5. The fourth-order valence-electron chi connectivity index (χ4n) is 4.32. The highest BCUT2D eigenvalue weighted by molar-refractivity contribution is 7.11. The fourth-order valence-corrected chi connectivity index (χ4v) is 4.91. The Hall–Kier alpha value is -3.56. The van der Waals surface area contributed by atoms with Gasteiger partial charge >= 0.3 is 0 Å². The van der Waals surface area contributed by atoms with Gasteiger partial charge in [0.2, 0.25) is 0 Å². The Morgan fingerprint density at radius 2 is 1.97 bits per heavy atom. The van der Waals surface area contributed by atoms with Crippen molar-refractivity contribution in [2.24, 2.45) is 0 Å². The summed E-state index contributed by atoms with van der Waals surface area (Å²) < 4.78 is 24.4. The van der Waals surface area contributed by atoms with Crippen LogP contribution in [0, 0.1) is 5.82 Å².